The van der Waals surface area contributed by atoms with Gasteiger partial charge in [-0.3, -0.25) is 4.79 Å². The normalized spacial score (nSPS) is 16.8. The molecule has 1 saturated heterocycles. The van der Waals surface area contributed by atoms with E-state index in [0.29, 0.717) is 18.3 Å². The van der Waals surface area contributed by atoms with Gasteiger partial charge in [0.1, 0.15) is 12.7 Å². The number of benzene rings is 1. The maximum atomic E-state index is 12.8. The summed E-state index contributed by atoms with van der Waals surface area (Å²) >= 11 is 0. The molecule has 1 aliphatic rings. The van der Waals surface area contributed by atoms with Crippen LogP contribution in [-0.2, 0) is 4.79 Å². The number of hydrogen-bond acceptors (Lipinski definition) is 6. The number of piperidine rings is 1. The van der Waals surface area contributed by atoms with Crippen LogP contribution in [0.5, 0.6) is 0 Å². The van der Waals surface area contributed by atoms with Gasteiger partial charge < -0.3 is 10.2 Å². The van der Waals surface area contributed by atoms with Gasteiger partial charge in [-0.1, -0.05) is 26.0 Å². The maximum absolute atomic E-state index is 12.8. The van der Waals surface area contributed by atoms with Gasteiger partial charge in [-0.05, 0) is 48.6 Å². The largest absolute Gasteiger partial charge is 0.354 e. The summed E-state index contributed by atoms with van der Waals surface area (Å²) in [5.74, 6) is 1.84. The van der Waals surface area contributed by atoms with E-state index in [0.717, 1.165) is 30.9 Å². The second-order valence-electron chi connectivity index (χ2n) is 7.64. The van der Waals surface area contributed by atoms with E-state index in [1.165, 1.54) is 11.9 Å². The minimum absolute atomic E-state index is 0.0548. The summed E-state index contributed by atoms with van der Waals surface area (Å²) in [6.07, 6.45) is 4.85. The summed E-state index contributed by atoms with van der Waals surface area (Å²) in [5.41, 5.74) is 2.10. The zero-order chi connectivity index (χ0) is 20.2. The molecule has 2 aromatic heterocycles. The van der Waals surface area contributed by atoms with Crippen molar-refractivity contribution in [3.8, 4) is 5.82 Å². The summed E-state index contributed by atoms with van der Waals surface area (Å²) in [6, 6.07) is 11.9. The number of nitrogens with zero attached hydrogens (tertiary/aromatic N) is 6. The van der Waals surface area contributed by atoms with Gasteiger partial charge in [-0.2, -0.15) is 5.10 Å². The second kappa shape index (κ2) is 8.38. The maximum Gasteiger partial charge on any atom is 0.229 e. The molecular weight excluding hydrogens is 366 g/mol. The van der Waals surface area contributed by atoms with Gasteiger partial charge in [0.2, 0.25) is 5.91 Å². The van der Waals surface area contributed by atoms with Crippen LogP contribution in [0.25, 0.3) is 5.82 Å². The third kappa shape index (κ3) is 4.42. The molecule has 0 radical (unpaired) electrons. The molecule has 1 amide bonds. The first-order chi connectivity index (χ1) is 14.1. The SMILES string of the molecule is CC(C)c1ccc(NC(=O)C2CCCN(c3ccc(-n4cncn4)nn3)C2)cc1. The Kier molecular flexibility index (Phi) is 5.50. The Hall–Kier alpha value is -3.29. The highest BCUT2D eigenvalue weighted by Gasteiger charge is 2.27. The van der Waals surface area contributed by atoms with Crippen LogP contribution in [0, 0.1) is 5.92 Å². The highest BCUT2D eigenvalue weighted by molar-refractivity contribution is 5.93. The Balaban J connectivity index is 1.39. The molecule has 150 valence electrons. The van der Waals surface area contributed by atoms with Gasteiger partial charge in [0.25, 0.3) is 0 Å². The average Bonchev–Trinajstić information content (AvgIpc) is 3.29. The Morgan fingerprint density at radius 3 is 2.52 bits per heavy atom. The first-order valence-corrected chi connectivity index (χ1v) is 9.94. The van der Waals surface area contributed by atoms with Crippen molar-refractivity contribution in [1.82, 2.24) is 25.0 Å². The van der Waals surface area contributed by atoms with Crippen LogP contribution in [0.15, 0.2) is 49.1 Å². The number of nitrogens with one attached hydrogen (secondary N) is 1. The van der Waals surface area contributed by atoms with Crippen molar-refractivity contribution in [3.63, 3.8) is 0 Å². The smallest absolute Gasteiger partial charge is 0.229 e. The molecule has 0 spiro atoms. The summed E-state index contributed by atoms with van der Waals surface area (Å²) in [6.45, 7) is 5.81. The van der Waals surface area contributed by atoms with E-state index in [-0.39, 0.29) is 11.8 Å². The average molecular weight is 391 g/mol. The van der Waals surface area contributed by atoms with Gasteiger partial charge >= 0.3 is 0 Å². The molecule has 4 rings (SSSR count). The molecule has 3 aromatic rings. The Morgan fingerprint density at radius 1 is 1.10 bits per heavy atom. The van der Waals surface area contributed by atoms with Crippen LogP contribution in [0.2, 0.25) is 0 Å². The highest BCUT2D eigenvalue weighted by Crippen LogP contribution is 2.23. The molecule has 8 nitrogen and oxygen atoms in total. The van der Waals surface area contributed by atoms with Gasteiger partial charge in [0.05, 0.1) is 5.92 Å². The predicted octanol–water partition coefficient (Wildman–Crippen LogP) is 3.04. The first kappa shape index (κ1) is 19.0. The van der Waals surface area contributed by atoms with E-state index in [2.05, 4.69) is 56.5 Å². The third-order valence-electron chi connectivity index (χ3n) is 5.25. The van der Waals surface area contributed by atoms with Crippen LogP contribution in [0.4, 0.5) is 11.5 Å². The minimum atomic E-state index is -0.0784. The van der Waals surface area contributed by atoms with Crippen LogP contribution in [0.3, 0.4) is 0 Å². The molecule has 0 bridgehead atoms. The lowest BCUT2D eigenvalue weighted by atomic mass is 9.97. The van der Waals surface area contributed by atoms with E-state index in [1.807, 2.05) is 24.3 Å². The Bertz CT molecular complexity index is 936. The molecule has 1 fully saturated rings. The summed E-state index contributed by atoms with van der Waals surface area (Å²) in [4.78, 5) is 18.8. The molecular formula is C21H25N7O. The quantitative estimate of drug-likeness (QED) is 0.719. The fourth-order valence-corrected chi connectivity index (χ4v) is 3.53. The summed E-state index contributed by atoms with van der Waals surface area (Å²) < 4.78 is 1.56. The molecule has 1 N–H and O–H groups in total. The number of aromatic nitrogens is 5. The van der Waals surface area contributed by atoms with Crippen LogP contribution in [0.1, 0.15) is 38.2 Å². The standard InChI is InChI=1S/C21H25N7O/c1-15(2)16-5-7-18(8-6-16)24-21(29)17-4-3-11-27(12-17)19-9-10-20(26-25-19)28-14-22-13-23-28/h5-10,13-15,17H,3-4,11-12H2,1-2H3,(H,24,29). The van der Waals surface area contributed by atoms with Crippen LogP contribution < -0.4 is 10.2 Å². The van der Waals surface area contributed by atoms with Crippen LogP contribution >= 0.6 is 0 Å². The molecule has 3 heterocycles. The van der Waals surface area contributed by atoms with Crippen molar-refractivity contribution in [2.75, 3.05) is 23.3 Å². The summed E-state index contributed by atoms with van der Waals surface area (Å²) in [7, 11) is 0. The van der Waals surface area contributed by atoms with E-state index < -0.39 is 0 Å². The minimum Gasteiger partial charge on any atom is -0.354 e. The van der Waals surface area contributed by atoms with Gasteiger partial charge in [-0.25, -0.2) is 9.67 Å². The Morgan fingerprint density at radius 2 is 1.86 bits per heavy atom. The lowest BCUT2D eigenvalue weighted by Gasteiger charge is -2.32. The molecule has 1 aliphatic heterocycles. The fourth-order valence-electron chi connectivity index (χ4n) is 3.53. The lowest BCUT2D eigenvalue weighted by molar-refractivity contribution is -0.120. The lowest BCUT2D eigenvalue weighted by Crippen LogP contribution is -2.41. The van der Waals surface area contributed by atoms with Gasteiger partial charge in [0.15, 0.2) is 11.6 Å². The first-order valence-electron chi connectivity index (χ1n) is 9.94. The predicted molar refractivity (Wildman–Crippen MR) is 111 cm³/mol. The zero-order valence-corrected chi connectivity index (χ0v) is 16.7. The topological polar surface area (TPSA) is 88.8 Å². The number of anilines is 2. The van der Waals surface area contributed by atoms with Crippen molar-refractivity contribution in [1.29, 1.82) is 0 Å². The molecule has 29 heavy (non-hydrogen) atoms. The zero-order valence-electron chi connectivity index (χ0n) is 16.7. The molecule has 0 aliphatic carbocycles. The van der Waals surface area contributed by atoms with Crippen LogP contribution in [-0.4, -0.2) is 44.0 Å². The Labute approximate surface area is 170 Å². The molecule has 1 aromatic carbocycles. The van der Waals surface area contributed by atoms with Crippen molar-refractivity contribution >= 4 is 17.4 Å². The van der Waals surface area contributed by atoms with E-state index >= 15 is 0 Å². The summed E-state index contributed by atoms with van der Waals surface area (Å²) in [5, 5.41) is 15.7. The van der Waals surface area contributed by atoms with Crippen molar-refractivity contribution in [2.24, 2.45) is 5.92 Å². The van der Waals surface area contributed by atoms with Crippen molar-refractivity contribution in [2.45, 2.75) is 32.6 Å². The van der Waals surface area contributed by atoms with Gasteiger partial charge in [0, 0.05) is 18.8 Å². The molecule has 0 saturated carbocycles. The number of amides is 1. The van der Waals surface area contributed by atoms with Gasteiger partial charge in [-0.15, -0.1) is 10.2 Å². The number of carbonyl (C=O) groups is 1. The van der Waals surface area contributed by atoms with E-state index in [1.54, 1.807) is 11.0 Å². The van der Waals surface area contributed by atoms with Crippen molar-refractivity contribution < 1.29 is 4.79 Å². The monoisotopic (exact) mass is 391 g/mol. The molecule has 1 atom stereocenters. The van der Waals surface area contributed by atoms with E-state index in [9.17, 15) is 4.79 Å². The third-order valence-corrected chi connectivity index (χ3v) is 5.25. The van der Waals surface area contributed by atoms with E-state index in [4.69, 9.17) is 0 Å². The number of rotatable bonds is 5. The number of carbonyl (C=O) groups excluding carboxylic acids is 1. The molecule has 8 heteroatoms. The van der Waals surface area contributed by atoms with Crippen molar-refractivity contribution in [3.05, 3.63) is 54.6 Å². The fraction of sp³-hybridized carbons (Fsp3) is 0.381. The molecule has 1 unspecified atom stereocenters. The number of hydrogen-bond donors (Lipinski definition) is 1. The second-order valence-corrected chi connectivity index (χ2v) is 7.64. The highest BCUT2D eigenvalue weighted by atomic mass is 16.1.